The third kappa shape index (κ3) is 4.92. The van der Waals surface area contributed by atoms with E-state index in [2.05, 4.69) is 15.6 Å². The highest BCUT2D eigenvalue weighted by atomic mass is 35.5. The second kappa shape index (κ2) is 8.87. The molecule has 0 unspecified atom stereocenters. The number of thioether (sulfide) groups is 1. The highest BCUT2D eigenvalue weighted by Crippen LogP contribution is 2.30. The number of amides is 2. The molecule has 31 heavy (non-hydrogen) atoms. The van der Waals surface area contributed by atoms with Gasteiger partial charge in [-0.2, -0.15) is 0 Å². The summed E-state index contributed by atoms with van der Waals surface area (Å²) < 4.78 is 6.48. The van der Waals surface area contributed by atoms with Gasteiger partial charge in [0.2, 0.25) is 0 Å². The van der Waals surface area contributed by atoms with Crippen molar-refractivity contribution < 1.29 is 9.32 Å². The zero-order chi connectivity index (χ0) is 22.0. The zero-order valence-electron chi connectivity index (χ0n) is 16.8. The maximum absolute atomic E-state index is 12.5. The fourth-order valence-electron chi connectivity index (χ4n) is 3.00. The van der Waals surface area contributed by atoms with Crippen LogP contribution in [0.2, 0.25) is 5.02 Å². The Hall–Kier alpha value is -3.23. The molecule has 9 heteroatoms. The molecule has 0 radical (unpaired) electrons. The largest absolute Gasteiger partial charge is 0.375 e. The molecule has 4 aromatic rings. The molecule has 0 aliphatic carbocycles. The minimum atomic E-state index is -0.370. The van der Waals surface area contributed by atoms with Gasteiger partial charge in [-0.15, -0.1) is 16.3 Å². The van der Waals surface area contributed by atoms with Crippen LogP contribution in [0.5, 0.6) is 0 Å². The van der Waals surface area contributed by atoms with Crippen molar-refractivity contribution in [1.29, 1.82) is 0 Å². The number of fused-ring (bicyclic) bond motifs is 1. The second-order valence-corrected chi connectivity index (χ2v) is 8.36. The van der Waals surface area contributed by atoms with Gasteiger partial charge in [-0.25, -0.2) is 9.78 Å². The number of halogens is 1. The molecule has 0 atom stereocenters. The summed E-state index contributed by atoms with van der Waals surface area (Å²) >= 11 is 7.50. The summed E-state index contributed by atoms with van der Waals surface area (Å²) in [6, 6.07) is 15.6. The number of anilines is 2. The third-order valence-electron chi connectivity index (χ3n) is 4.48. The smallest absolute Gasteiger partial charge is 0.323 e. The summed E-state index contributed by atoms with van der Waals surface area (Å²) in [6.45, 7) is 3.66. The molecule has 2 heterocycles. The Kier molecular flexibility index (Phi) is 6.01. The maximum atomic E-state index is 12.5. The van der Waals surface area contributed by atoms with Crippen LogP contribution in [0.3, 0.4) is 0 Å². The molecule has 0 saturated heterocycles. The average molecular weight is 455 g/mol. The Morgan fingerprint density at radius 2 is 1.87 bits per heavy atom. The Morgan fingerprint density at radius 3 is 2.71 bits per heavy atom. The zero-order valence-corrected chi connectivity index (χ0v) is 18.4. The van der Waals surface area contributed by atoms with Gasteiger partial charge < -0.3 is 15.2 Å². The van der Waals surface area contributed by atoms with Crippen LogP contribution < -0.4 is 16.2 Å². The van der Waals surface area contributed by atoms with Gasteiger partial charge in [-0.1, -0.05) is 29.8 Å². The number of urea groups is 1. The van der Waals surface area contributed by atoms with E-state index in [0.29, 0.717) is 39.3 Å². The lowest BCUT2D eigenvalue weighted by Gasteiger charge is -2.13. The van der Waals surface area contributed by atoms with Crippen molar-refractivity contribution in [3.63, 3.8) is 0 Å². The van der Waals surface area contributed by atoms with Crippen molar-refractivity contribution in [2.75, 3.05) is 10.6 Å². The molecule has 0 spiro atoms. The van der Waals surface area contributed by atoms with Crippen LogP contribution in [0, 0.1) is 13.8 Å². The molecule has 2 aromatic carbocycles. The standard InChI is InChI=1S/C22H19ClN4O3S/c1-13-7-8-15(23)10-18(13)26-22(29)25-17-5-3-4-6-19(17)31-12-16-11-21(28)27-20(24-16)9-14(2)30-27/h3-11H,12H2,1-2H3,(H2,25,26,29). The lowest BCUT2D eigenvalue weighted by molar-refractivity contribution is 0.262. The van der Waals surface area contributed by atoms with E-state index in [1.165, 1.54) is 22.4 Å². The average Bonchev–Trinajstić information content (AvgIpc) is 3.11. The van der Waals surface area contributed by atoms with Gasteiger partial charge in [0.15, 0.2) is 5.65 Å². The van der Waals surface area contributed by atoms with E-state index in [4.69, 9.17) is 16.1 Å². The number of nitrogens with zero attached hydrogens (tertiary/aromatic N) is 2. The molecule has 158 valence electrons. The number of hydrogen-bond acceptors (Lipinski definition) is 5. The normalized spacial score (nSPS) is 10.9. The van der Waals surface area contributed by atoms with Crippen molar-refractivity contribution >= 4 is 46.4 Å². The number of carbonyl (C=O) groups excluding carboxylic acids is 1. The minimum absolute atomic E-state index is 0.267. The first kappa shape index (κ1) is 21.0. The van der Waals surface area contributed by atoms with Crippen molar-refractivity contribution in [3.05, 3.63) is 87.0 Å². The molecule has 7 nitrogen and oxygen atoms in total. The monoisotopic (exact) mass is 454 g/mol. The van der Waals surface area contributed by atoms with Crippen molar-refractivity contribution in [2.45, 2.75) is 24.5 Å². The SMILES string of the molecule is Cc1cc2nc(CSc3ccccc3NC(=O)Nc3cc(Cl)ccc3C)cc(=O)n2o1. The fraction of sp³-hybridized carbons (Fsp3) is 0.136. The van der Waals surface area contributed by atoms with Crippen LogP contribution in [0.1, 0.15) is 17.0 Å². The lowest BCUT2D eigenvalue weighted by Crippen LogP contribution is -2.20. The summed E-state index contributed by atoms with van der Waals surface area (Å²) in [6.07, 6.45) is 0. The minimum Gasteiger partial charge on any atom is -0.375 e. The fourth-order valence-corrected chi connectivity index (χ4v) is 4.07. The summed E-state index contributed by atoms with van der Waals surface area (Å²) in [5, 5.41) is 6.24. The van der Waals surface area contributed by atoms with Crippen molar-refractivity contribution in [1.82, 2.24) is 9.56 Å². The van der Waals surface area contributed by atoms with E-state index in [1.54, 1.807) is 25.1 Å². The summed E-state index contributed by atoms with van der Waals surface area (Å²) in [7, 11) is 0. The molecule has 2 N–H and O–H groups in total. The van der Waals surface area contributed by atoms with Gasteiger partial charge in [0, 0.05) is 33.5 Å². The van der Waals surface area contributed by atoms with Gasteiger partial charge in [0.1, 0.15) is 5.76 Å². The second-order valence-electron chi connectivity index (χ2n) is 6.91. The molecule has 2 amide bonds. The van der Waals surface area contributed by atoms with E-state index in [9.17, 15) is 9.59 Å². The first-order valence-corrected chi connectivity index (χ1v) is 10.8. The first-order valence-electron chi connectivity index (χ1n) is 9.44. The Bertz CT molecular complexity index is 1330. The number of para-hydroxylation sites is 1. The van der Waals surface area contributed by atoms with Crippen LogP contribution in [0.15, 0.2) is 68.8 Å². The molecule has 0 saturated carbocycles. The third-order valence-corrected chi connectivity index (χ3v) is 5.82. The topological polar surface area (TPSA) is 88.6 Å². The number of nitrogens with one attached hydrogen (secondary N) is 2. The van der Waals surface area contributed by atoms with E-state index in [-0.39, 0.29) is 11.6 Å². The number of aryl methyl sites for hydroxylation is 2. The summed E-state index contributed by atoms with van der Waals surface area (Å²) in [5.74, 6) is 1.08. The van der Waals surface area contributed by atoms with Gasteiger partial charge >= 0.3 is 6.03 Å². The molecule has 0 aliphatic heterocycles. The Balaban J connectivity index is 1.48. The highest BCUT2D eigenvalue weighted by molar-refractivity contribution is 7.98. The maximum Gasteiger partial charge on any atom is 0.323 e. The predicted molar refractivity (Wildman–Crippen MR) is 123 cm³/mol. The van der Waals surface area contributed by atoms with Crippen LogP contribution in [0.25, 0.3) is 5.65 Å². The van der Waals surface area contributed by atoms with Gasteiger partial charge in [0.05, 0.1) is 11.4 Å². The van der Waals surface area contributed by atoms with Crippen LogP contribution in [0.4, 0.5) is 16.2 Å². The molecule has 0 bridgehead atoms. The molecule has 0 fully saturated rings. The van der Waals surface area contributed by atoms with E-state index in [0.717, 1.165) is 10.5 Å². The number of benzene rings is 2. The van der Waals surface area contributed by atoms with Gasteiger partial charge in [-0.05, 0) is 43.7 Å². The first-order chi connectivity index (χ1) is 14.9. The summed E-state index contributed by atoms with van der Waals surface area (Å²) in [4.78, 5) is 30.1. The number of carbonyl (C=O) groups is 1. The Morgan fingerprint density at radius 1 is 1.10 bits per heavy atom. The molecular formula is C22H19ClN4O3S. The lowest BCUT2D eigenvalue weighted by atomic mass is 10.2. The van der Waals surface area contributed by atoms with Gasteiger partial charge in [-0.3, -0.25) is 4.79 Å². The number of rotatable bonds is 5. The number of hydrogen-bond donors (Lipinski definition) is 2. The van der Waals surface area contributed by atoms with Gasteiger partial charge in [0.25, 0.3) is 5.56 Å². The molecule has 0 aliphatic rings. The highest BCUT2D eigenvalue weighted by Gasteiger charge is 2.11. The Labute approximate surface area is 187 Å². The quantitative estimate of drug-likeness (QED) is 0.389. The van der Waals surface area contributed by atoms with Crippen LogP contribution in [-0.2, 0) is 5.75 Å². The molecule has 2 aromatic heterocycles. The van der Waals surface area contributed by atoms with E-state index < -0.39 is 0 Å². The van der Waals surface area contributed by atoms with Crippen molar-refractivity contribution in [3.8, 4) is 0 Å². The number of aromatic nitrogens is 2. The van der Waals surface area contributed by atoms with E-state index >= 15 is 0 Å². The summed E-state index contributed by atoms with van der Waals surface area (Å²) in [5.41, 5.74) is 3.04. The van der Waals surface area contributed by atoms with Crippen molar-refractivity contribution in [2.24, 2.45) is 0 Å². The predicted octanol–water partition coefficient (Wildman–Crippen LogP) is 5.49. The van der Waals surface area contributed by atoms with Crippen LogP contribution >= 0.6 is 23.4 Å². The van der Waals surface area contributed by atoms with Crippen LogP contribution in [-0.4, -0.2) is 15.6 Å². The van der Waals surface area contributed by atoms with E-state index in [1.807, 2.05) is 37.3 Å². The molecular weight excluding hydrogens is 436 g/mol. The molecule has 4 rings (SSSR count).